The number of hydrogen-bond donors (Lipinski definition) is 1. The van der Waals surface area contributed by atoms with E-state index in [1.165, 1.54) is 17.9 Å². The molecule has 0 bridgehead atoms. The lowest BCUT2D eigenvalue weighted by Crippen LogP contribution is -2.38. The molecular formula is C14H21N5O4. The molecule has 0 radical (unpaired) electrons. The average molecular weight is 323 g/mol. The second kappa shape index (κ2) is 6.78. The van der Waals surface area contributed by atoms with Crippen LogP contribution in [0.15, 0.2) is 15.9 Å². The van der Waals surface area contributed by atoms with Crippen molar-refractivity contribution in [2.75, 3.05) is 13.7 Å². The van der Waals surface area contributed by atoms with Crippen molar-refractivity contribution in [3.05, 3.63) is 27.2 Å². The Morgan fingerprint density at radius 3 is 2.70 bits per heavy atom. The van der Waals surface area contributed by atoms with Crippen LogP contribution in [0.3, 0.4) is 0 Å². The first-order valence-corrected chi connectivity index (χ1v) is 7.26. The molecule has 1 unspecified atom stereocenters. The number of aromatic nitrogens is 4. The van der Waals surface area contributed by atoms with Crippen molar-refractivity contribution in [1.82, 2.24) is 24.0 Å². The van der Waals surface area contributed by atoms with Gasteiger partial charge in [0.25, 0.3) is 5.56 Å². The van der Waals surface area contributed by atoms with E-state index >= 15 is 0 Å². The second-order valence-corrected chi connectivity index (χ2v) is 5.49. The number of fused-ring (bicyclic) bond motifs is 1. The first kappa shape index (κ1) is 16.9. The summed E-state index contributed by atoms with van der Waals surface area (Å²) in [7, 11) is 4.54. The number of methoxy groups -OCH3 is 1. The Kier molecular flexibility index (Phi) is 4.99. The normalized spacial score (nSPS) is 12.5. The summed E-state index contributed by atoms with van der Waals surface area (Å²) in [6.07, 6.45) is 1.67. The lowest BCUT2D eigenvalue weighted by molar-refractivity contribution is -0.122. The standard InChI is InChI=1S/C14H21N5O4/c1-9(7-23-4)16-10(20)5-6-19-8-15-12-11(19)13(21)18(3)14(22)17(12)2/h8-9H,5-7H2,1-4H3,(H,16,20). The highest BCUT2D eigenvalue weighted by atomic mass is 16.5. The maximum Gasteiger partial charge on any atom is 0.332 e. The van der Waals surface area contributed by atoms with Crippen LogP contribution in [0.2, 0.25) is 0 Å². The van der Waals surface area contributed by atoms with Gasteiger partial charge in [-0.3, -0.25) is 18.7 Å². The minimum atomic E-state index is -0.432. The lowest BCUT2D eigenvalue weighted by Gasteiger charge is -2.13. The summed E-state index contributed by atoms with van der Waals surface area (Å²) in [5, 5.41) is 2.80. The minimum absolute atomic E-state index is 0.0827. The Labute approximate surface area is 132 Å². The molecule has 0 spiro atoms. The van der Waals surface area contributed by atoms with Gasteiger partial charge in [0, 0.05) is 40.2 Å². The molecule has 0 saturated carbocycles. The third kappa shape index (κ3) is 3.34. The summed E-state index contributed by atoms with van der Waals surface area (Å²) in [4.78, 5) is 40.1. The maximum absolute atomic E-state index is 12.3. The third-order valence-electron chi connectivity index (χ3n) is 3.62. The molecule has 0 aliphatic rings. The number of carbonyl (C=O) groups excluding carboxylic acids is 1. The van der Waals surface area contributed by atoms with E-state index < -0.39 is 11.2 Å². The van der Waals surface area contributed by atoms with Crippen LogP contribution in [0.4, 0.5) is 0 Å². The van der Waals surface area contributed by atoms with Crippen LogP contribution in [-0.2, 0) is 30.2 Å². The molecule has 23 heavy (non-hydrogen) atoms. The second-order valence-electron chi connectivity index (χ2n) is 5.49. The summed E-state index contributed by atoms with van der Waals surface area (Å²) in [6.45, 7) is 2.58. The van der Waals surface area contributed by atoms with Gasteiger partial charge in [0.05, 0.1) is 12.9 Å². The fraction of sp³-hybridized carbons (Fsp3) is 0.571. The zero-order chi connectivity index (χ0) is 17.1. The molecule has 0 aliphatic carbocycles. The van der Waals surface area contributed by atoms with E-state index in [9.17, 15) is 14.4 Å². The molecule has 9 heteroatoms. The predicted octanol–water partition coefficient (Wildman–Crippen LogP) is -1.03. The smallest absolute Gasteiger partial charge is 0.332 e. The number of amides is 1. The van der Waals surface area contributed by atoms with E-state index in [4.69, 9.17) is 4.74 Å². The molecule has 1 atom stereocenters. The van der Waals surface area contributed by atoms with Crippen molar-refractivity contribution >= 4 is 17.1 Å². The van der Waals surface area contributed by atoms with E-state index in [1.807, 2.05) is 6.92 Å². The van der Waals surface area contributed by atoms with Gasteiger partial charge in [-0.15, -0.1) is 0 Å². The van der Waals surface area contributed by atoms with Gasteiger partial charge in [0.2, 0.25) is 5.91 Å². The maximum atomic E-state index is 12.3. The summed E-state index contributed by atoms with van der Waals surface area (Å²) in [5.41, 5.74) is -0.230. The largest absolute Gasteiger partial charge is 0.383 e. The number of carbonyl (C=O) groups is 1. The van der Waals surface area contributed by atoms with Gasteiger partial charge in [-0.1, -0.05) is 0 Å². The molecule has 9 nitrogen and oxygen atoms in total. The van der Waals surface area contributed by atoms with Crippen molar-refractivity contribution in [3.8, 4) is 0 Å². The summed E-state index contributed by atoms with van der Waals surface area (Å²) >= 11 is 0. The average Bonchev–Trinajstić information content (AvgIpc) is 2.93. The van der Waals surface area contributed by atoms with Crippen LogP contribution >= 0.6 is 0 Å². The van der Waals surface area contributed by atoms with Crippen LogP contribution in [0.5, 0.6) is 0 Å². The number of rotatable bonds is 6. The Balaban J connectivity index is 2.21. The highest BCUT2D eigenvalue weighted by Gasteiger charge is 2.15. The van der Waals surface area contributed by atoms with E-state index in [2.05, 4.69) is 10.3 Å². The number of ether oxygens (including phenoxy) is 1. The first-order chi connectivity index (χ1) is 10.9. The lowest BCUT2D eigenvalue weighted by atomic mass is 10.3. The molecule has 0 saturated heterocycles. The quantitative estimate of drug-likeness (QED) is 0.733. The number of hydrogen-bond acceptors (Lipinski definition) is 5. The third-order valence-corrected chi connectivity index (χ3v) is 3.62. The van der Waals surface area contributed by atoms with Gasteiger partial charge in [0.15, 0.2) is 11.2 Å². The molecule has 2 rings (SSSR count). The molecule has 2 aromatic rings. The molecule has 0 fully saturated rings. The summed E-state index contributed by atoms with van der Waals surface area (Å²) < 4.78 is 8.90. The molecule has 126 valence electrons. The van der Waals surface area contributed by atoms with Crippen LogP contribution < -0.4 is 16.6 Å². The fourth-order valence-electron chi connectivity index (χ4n) is 2.43. The fourth-order valence-corrected chi connectivity index (χ4v) is 2.43. The number of aryl methyl sites for hydroxylation is 2. The number of imidazole rings is 1. The minimum Gasteiger partial charge on any atom is -0.383 e. The zero-order valence-corrected chi connectivity index (χ0v) is 13.7. The molecule has 2 heterocycles. The van der Waals surface area contributed by atoms with Gasteiger partial charge in [-0.2, -0.15) is 0 Å². The van der Waals surface area contributed by atoms with Crippen molar-refractivity contribution in [2.45, 2.75) is 25.9 Å². The Bertz CT molecular complexity index is 832. The van der Waals surface area contributed by atoms with E-state index in [1.54, 1.807) is 18.7 Å². The zero-order valence-electron chi connectivity index (χ0n) is 13.7. The molecular weight excluding hydrogens is 302 g/mol. The van der Waals surface area contributed by atoms with E-state index in [-0.39, 0.29) is 18.4 Å². The van der Waals surface area contributed by atoms with Crippen LogP contribution in [0, 0.1) is 0 Å². The van der Waals surface area contributed by atoms with Crippen LogP contribution in [-0.4, -0.2) is 44.4 Å². The Hall–Kier alpha value is -2.42. The van der Waals surface area contributed by atoms with E-state index in [0.717, 1.165) is 4.57 Å². The van der Waals surface area contributed by atoms with E-state index in [0.29, 0.717) is 24.3 Å². The number of nitrogens with one attached hydrogen (secondary N) is 1. The monoisotopic (exact) mass is 323 g/mol. The van der Waals surface area contributed by atoms with Gasteiger partial charge < -0.3 is 14.6 Å². The highest BCUT2D eigenvalue weighted by molar-refractivity contribution is 5.76. The van der Waals surface area contributed by atoms with Crippen molar-refractivity contribution in [2.24, 2.45) is 14.1 Å². The SMILES string of the molecule is COCC(C)NC(=O)CCn1cnc2c1c(=O)n(C)c(=O)n2C. The summed E-state index contributed by atoms with van der Waals surface area (Å²) in [5.74, 6) is -0.141. The van der Waals surface area contributed by atoms with Crippen LogP contribution in [0.25, 0.3) is 11.2 Å². The van der Waals surface area contributed by atoms with Crippen molar-refractivity contribution in [3.63, 3.8) is 0 Å². The van der Waals surface area contributed by atoms with Crippen LogP contribution in [0.1, 0.15) is 13.3 Å². The number of nitrogens with zero attached hydrogens (tertiary/aromatic N) is 4. The molecule has 1 N–H and O–H groups in total. The Morgan fingerprint density at radius 2 is 2.04 bits per heavy atom. The van der Waals surface area contributed by atoms with Crippen molar-refractivity contribution in [1.29, 1.82) is 0 Å². The van der Waals surface area contributed by atoms with Gasteiger partial charge in [0.1, 0.15) is 0 Å². The molecule has 2 aromatic heterocycles. The topological polar surface area (TPSA) is 100 Å². The highest BCUT2D eigenvalue weighted by Crippen LogP contribution is 2.06. The first-order valence-electron chi connectivity index (χ1n) is 7.26. The predicted molar refractivity (Wildman–Crippen MR) is 84.3 cm³/mol. The molecule has 0 aliphatic heterocycles. The van der Waals surface area contributed by atoms with Gasteiger partial charge in [-0.25, -0.2) is 9.78 Å². The van der Waals surface area contributed by atoms with Crippen molar-refractivity contribution < 1.29 is 9.53 Å². The summed E-state index contributed by atoms with van der Waals surface area (Å²) in [6, 6.07) is -0.0827. The molecule has 1 amide bonds. The van der Waals surface area contributed by atoms with Gasteiger partial charge >= 0.3 is 5.69 Å². The Morgan fingerprint density at radius 1 is 1.35 bits per heavy atom. The molecule has 0 aromatic carbocycles. The van der Waals surface area contributed by atoms with Gasteiger partial charge in [-0.05, 0) is 6.92 Å².